The number of hydrogen-bond donors (Lipinski definition) is 1. The van der Waals surface area contributed by atoms with Crippen LogP contribution in [0, 0.1) is 5.92 Å². The fourth-order valence-electron chi connectivity index (χ4n) is 1.01. The van der Waals surface area contributed by atoms with Crippen molar-refractivity contribution in [1.29, 1.82) is 0 Å². The van der Waals surface area contributed by atoms with E-state index >= 15 is 0 Å². The van der Waals surface area contributed by atoms with E-state index in [1.54, 1.807) is 0 Å². The van der Waals surface area contributed by atoms with Crippen molar-refractivity contribution in [2.75, 3.05) is 0 Å². The lowest BCUT2D eigenvalue weighted by Gasteiger charge is -2.28. The third-order valence-corrected chi connectivity index (χ3v) is 2.18. The van der Waals surface area contributed by atoms with Gasteiger partial charge in [-0.3, -0.25) is 0 Å². The molecular formula is C10H19N. The highest BCUT2D eigenvalue weighted by molar-refractivity contribution is 5.06. The molecule has 2 N–H and O–H groups in total. The van der Waals surface area contributed by atoms with E-state index < -0.39 is 0 Å². The first-order valence-electron chi connectivity index (χ1n) is 4.12. The molecule has 0 rings (SSSR count). The van der Waals surface area contributed by atoms with Crippen molar-refractivity contribution in [1.82, 2.24) is 0 Å². The predicted octanol–water partition coefficient (Wildman–Crippen LogP) is 2.49. The fourth-order valence-corrected chi connectivity index (χ4v) is 1.01. The molecule has 0 aliphatic rings. The number of hydrogen-bond acceptors (Lipinski definition) is 1. The second-order valence-corrected chi connectivity index (χ2v) is 3.15. The number of nitrogens with two attached hydrogens (primary N) is 1. The van der Waals surface area contributed by atoms with Gasteiger partial charge in [0.1, 0.15) is 0 Å². The SMILES string of the molecule is C=CC(/C=C\C)C(C)(N)CC. The minimum atomic E-state index is -0.145. The van der Waals surface area contributed by atoms with Crippen molar-refractivity contribution in [3.63, 3.8) is 0 Å². The van der Waals surface area contributed by atoms with Crippen LogP contribution in [0.2, 0.25) is 0 Å². The molecule has 1 nitrogen and oxygen atoms in total. The Hall–Kier alpha value is -0.560. The second-order valence-electron chi connectivity index (χ2n) is 3.15. The highest BCUT2D eigenvalue weighted by Crippen LogP contribution is 2.20. The molecule has 1 heteroatoms. The number of rotatable bonds is 4. The van der Waals surface area contributed by atoms with Gasteiger partial charge in [0.15, 0.2) is 0 Å². The van der Waals surface area contributed by atoms with E-state index in [0.29, 0.717) is 0 Å². The minimum absolute atomic E-state index is 0.145. The summed E-state index contributed by atoms with van der Waals surface area (Å²) >= 11 is 0. The maximum Gasteiger partial charge on any atom is 0.0221 e. The maximum atomic E-state index is 6.03. The lowest BCUT2D eigenvalue weighted by molar-refractivity contribution is 0.388. The first-order valence-corrected chi connectivity index (χ1v) is 4.12. The zero-order valence-electron chi connectivity index (χ0n) is 7.80. The Morgan fingerprint density at radius 1 is 1.64 bits per heavy atom. The van der Waals surface area contributed by atoms with Crippen LogP contribution < -0.4 is 5.73 Å². The van der Waals surface area contributed by atoms with E-state index in [9.17, 15) is 0 Å². The summed E-state index contributed by atoms with van der Waals surface area (Å²) in [7, 11) is 0. The summed E-state index contributed by atoms with van der Waals surface area (Å²) in [6.45, 7) is 9.92. The highest BCUT2D eigenvalue weighted by Gasteiger charge is 2.22. The molecule has 0 bridgehead atoms. The molecule has 64 valence electrons. The molecule has 11 heavy (non-hydrogen) atoms. The monoisotopic (exact) mass is 153 g/mol. The molecular weight excluding hydrogens is 134 g/mol. The van der Waals surface area contributed by atoms with Gasteiger partial charge in [-0.15, -0.1) is 6.58 Å². The van der Waals surface area contributed by atoms with Gasteiger partial charge in [0.25, 0.3) is 0 Å². The van der Waals surface area contributed by atoms with Crippen molar-refractivity contribution in [2.24, 2.45) is 11.7 Å². The molecule has 2 unspecified atom stereocenters. The van der Waals surface area contributed by atoms with Gasteiger partial charge in [-0.25, -0.2) is 0 Å². The van der Waals surface area contributed by atoms with Crippen LogP contribution in [0.1, 0.15) is 27.2 Å². The first-order chi connectivity index (χ1) is 5.08. The standard InChI is InChI=1S/C10H19N/c1-5-8-9(6-2)10(4,11)7-3/h5-6,8-9H,2,7,11H2,1,3-4H3/b8-5-. The van der Waals surface area contributed by atoms with Gasteiger partial charge in [0.05, 0.1) is 0 Å². The summed E-state index contributed by atoms with van der Waals surface area (Å²) in [6, 6.07) is 0. The van der Waals surface area contributed by atoms with Gasteiger partial charge in [-0.2, -0.15) is 0 Å². The first kappa shape index (κ1) is 10.4. The highest BCUT2D eigenvalue weighted by atomic mass is 14.7. The van der Waals surface area contributed by atoms with Gasteiger partial charge in [0, 0.05) is 11.5 Å². The van der Waals surface area contributed by atoms with Gasteiger partial charge >= 0.3 is 0 Å². The van der Waals surface area contributed by atoms with Crippen LogP contribution in [0.3, 0.4) is 0 Å². The van der Waals surface area contributed by atoms with Gasteiger partial charge in [-0.05, 0) is 20.3 Å². The Bertz CT molecular complexity index is 145. The normalized spacial score (nSPS) is 19.6. The Labute approximate surface area is 70.0 Å². The zero-order chi connectivity index (χ0) is 8.91. The molecule has 0 saturated carbocycles. The van der Waals surface area contributed by atoms with Gasteiger partial charge in [-0.1, -0.05) is 25.2 Å². The average Bonchev–Trinajstić information content (AvgIpc) is 2.00. The lowest BCUT2D eigenvalue weighted by atomic mass is 9.84. The maximum absolute atomic E-state index is 6.03. The van der Waals surface area contributed by atoms with Crippen molar-refractivity contribution < 1.29 is 0 Å². The Morgan fingerprint density at radius 3 is 2.45 bits per heavy atom. The van der Waals surface area contributed by atoms with Crippen LogP contribution in [0.4, 0.5) is 0 Å². The molecule has 0 spiro atoms. The molecule has 0 fully saturated rings. The van der Waals surface area contributed by atoms with Crippen molar-refractivity contribution in [2.45, 2.75) is 32.7 Å². The molecule has 0 aliphatic heterocycles. The van der Waals surface area contributed by atoms with E-state index in [2.05, 4.69) is 26.5 Å². The van der Waals surface area contributed by atoms with Crippen LogP contribution in [0.25, 0.3) is 0 Å². The van der Waals surface area contributed by atoms with Crippen LogP contribution in [-0.4, -0.2) is 5.54 Å². The van der Waals surface area contributed by atoms with E-state index in [1.807, 2.05) is 19.1 Å². The van der Waals surface area contributed by atoms with E-state index in [-0.39, 0.29) is 11.5 Å². The molecule has 0 saturated heterocycles. The predicted molar refractivity (Wildman–Crippen MR) is 51.4 cm³/mol. The third kappa shape index (κ3) is 2.89. The topological polar surface area (TPSA) is 26.0 Å². The molecule has 0 aromatic rings. The minimum Gasteiger partial charge on any atom is -0.325 e. The smallest absolute Gasteiger partial charge is 0.0221 e. The molecule has 0 amide bonds. The van der Waals surface area contributed by atoms with Crippen LogP contribution in [-0.2, 0) is 0 Å². The Morgan fingerprint density at radius 2 is 2.18 bits per heavy atom. The third-order valence-electron chi connectivity index (χ3n) is 2.18. The molecule has 0 aliphatic carbocycles. The van der Waals surface area contributed by atoms with Crippen LogP contribution in [0.15, 0.2) is 24.8 Å². The average molecular weight is 153 g/mol. The lowest BCUT2D eigenvalue weighted by Crippen LogP contribution is -2.41. The molecule has 0 radical (unpaired) electrons. The summed E-state index contributed by atoms with van der Waals surface area (Å²) in [4.78, 5) is 0. The molecule has 0 aromatic carbocycles. The van der Waals surface area contributed by atoms with Gasteiger partial charge in [0.2, 0.25) is 0 Å². The Balaban J connectivity index is 4.35. The van der Waals surface area contributed by atoms with Crippen molar-refractivity contribution in [3.05, 3.63) is 24.8 Å². The van der Waals surface area contributed by atoms with Gasteiger partial charge < -0.3 is 5.73 Å². The molecule has 0 aromatic heterocycles. The van der Waals surface area contributed by atoms with E-state index in [4.69, 9.17) is 5.73 Å². The molecule has 0 heterocycles. The zero-order valence-corrected chi connectivity index (χ0v) is 7.80. The summed E-state index contributed by atoms with van der Waals surface area (Å²) < 4.78 is 0. The van der Waals surface area contributed by atoms with Crippen molar-refractivity contribution in [3.8, 4) is 0 Å². The van der Waals surface area contributed by atoms with E-state index in [0.717, 1.165) is 6.42 Å². The summed E-state index contributed by atoms with van der Waals surface area (Å²) in [5.74, 6) is 0.289. The van der Waals surface area contributed by atoms with Crippen molar-refractivity contribution >= 4 is 0 Å². The largest absolute Gasteiger partial charge is 0.325 e. The fraction of sp³-hybridized carbons (Fsp3) is 0.600. The summed E-state index contributed by atoms with van der Waals surface area (Å²) in [5, 5.41) is 0. The second kappa shape index (κ2) is 4.35. The van der Waals surface area contributed by atoms with Crippen LogP contribution in [0.5, 0.6) is 0 Å². The Kier molecular flexibility index (Phi) is 4.12. The summed E-state index contributed by atoms with van der Waals surface area (Å²) in [6.07, 6.45) is 6.99. The van der Waals surface area contributed by atoms with Crippen LogP contribution >= 0.6 is 0 Å². The summed E-state index contributed by atoms with van der Waals surface area (Å²) in [5.41, 5.74) is 5.89. The van der Waals surface area contributed by atoms with E-state index in [1.165, 1.54) is 0 Å². The quantitative estimate of drug-likeness (QED) is 0.617. The number of allylic oxidation sites excluding steroid dienone is 1. The molecule has 2 atom stereocenters.